The molecule has 0 N–H and O–H groups in total. The number of nitrogens with zero attached hydrogens (tertiary/aromatic N) is 2. The van der Waals surface area contributed by atoms with Crippen molar-refractivity contribution in [2.45, 2.75) is 387 Å². The molecule has 0 radical (unpaired) electrons. The van der Waals surface area contributed by atoms with Crippen molar-refractivity contribution in [3.05, 3.63) is 84.0 Å². The Hall–Kier alpha value is -2.25. The maximum absolute atomic E-state index is 5.40. The van der Waals surface area contributed by atoms with Gasteiger partial charge >= 0.3 is 0 Å². The van der Waals surface area contributed by atoms with E-state index in [0.29, 0.717) is 0 Å². The van der Waals surface area contributed by atoms with Crippen LogP contribution in [0.5, 0.6) is 0 Å². The molecule has 81 heavy (non-hydrogen) atoms. The molecule has 0 saturated carbocycles. The van der Waals surface area contributed by atoms with Gasteiger partial charge in [0.1, 0.15) is 0 Å². The third kappa shape index (κ3) is 49.7. The summed E-state index contributed by atoms with van der Waals surface area (Å²) in [5, 5.41) is 0. The van der Waals surface area contributed by atoms with Crippen LogP contribution in [0.3, 0.4) is 0 Å². The molecule has 3 heteroatoms. The van der Waals surface area contributed by atoms with Gasteiger partial charge in [0.15, 0.2) is 0 Å². The van der Waals surface area contributed by atoms with Crippen molar-refractivity contribution in [2.75, 3.05) is 0 Å². The van der Waals surface area contributed by atoms with Crippen LogP contribution in [0.2, 0.25) is 0 Å². The van der Waals surface area contributed by atoms with Crippen molar-refractivity contribution in [1.29, 1.82) is 0 Å². The largest absolute Gasteiger partial charge is 0.252 e. The van der Waals surface area contributed by atoms with E-state index in [1.54, 1.807) is 0 Å². The fraction of sp³-hybridized carbons (Fsp3) is 0.769. The number of benzene rings is 2. The summed E-state index contributed by atoms with van der Waals surface area (Å²) in [4.78, 5) is 10.7. The van der Waals surface area contributed by atoms with Gasteiger partial charge in [-0.3, -0.25) is 9.98 Å². The van der Waals surface area contributed by atoms with Crippen LogP contribution in [0.15, 0.2) is 82.8 Å². The Kier molecular flexibility index (Phi) is 59.0. The molecular weight excluding hydrogens is 1020 g/mol. The molecule has 0 saturated heterocycles. The fourth-order valence-corrected chi connectivity index (χ4v) is 11.9. The molecule has 2 aromatic carbocycles. The van der Waals surface area contributed by atoms with Gasteiger partial charge in [0.2, 0.25) is 0 Å². The van der Waals surface area contributed by atoms with Crippen LogP contribution < -0.4 is 0 Å². The van der Waals surface area contributed by atoms with E-state index in [4.69, 9.17) is 9.98 Å². The molecule has 0 fully saturated rings. The molecule has 0 aliphatic carbocycles. The summed E-state index contributed by atoms with van der Waals surface area (Å²) in [6, 6.07) is 17.7. The number of para-hydroxylation sites is 2. The summed E-state index contributed by atoms with van der Waals surface area (Å²) in [6.07, 6.45) is 87.3. The Labute approximate surface area is 517 Å². The van der Waals surface area contributed by atoms with E-state index < -0.39 is 0 Å². The zero-order valence-electron chi connectivity index (χ0n) is 54.7. The third-order valence-electron chi connectivity index (χ3n) is 17.4. The molecule has 0 atom stereocenters. The van der Waals surface area contributed by atoms with Crippen LogP contribution >= 0.6 is 0 Å². The van der Waals surface area contributed by atoms with E-state index in [0.717, 1.165) is 61.3 Å². The van der Waals surface area contributed by atoms with Gasteiger partial charge in [-0.05, 0) is 107 Å². The molecule has 0 bridgehead atoms. The second-order valence-corrected chi connectivity index (χ2v) is 25.1. The second kappa shape index (κ2) is 62.3. The zero-order valence-corrected chi connectivity index (χ0v) is 55.7. The van der Waals surface area contributed by atoms with Crippen LogP contribution in [0.4, 0.5) is 11.4 Å². The van der Waals surface area contributed by atoms with Crippen molar-refractivity contribution in [3.8, 4) is 0 Å². The number of hydrogen-bond donors (Lipinski definition) is 0. The maximum atomic E-state index is 5.40. The summed E-state index contributed by atoms with van der Waals surface area (Å²) in [5.74, 6) is 0. The first kappa shape index (κ1) is 76.8. The molecule has 2 aromatic rings. The Balaban J connectivity index is 0.0000328. The topological polar surface area (TPSA) is 24.7 Å². The quantitative estimate of drug-likeness (QED) is 0.0273. The Morgan fingerprint density at radius 1 is 0.284 bits per heavy atom. The molecule has 0 heterocycles. The first-order chi connectivity index (χ1) is 39.7. The number of rotatable bonds is 61. The van der Waals surface area contributed by atoms with E-state index in [2.05, 4.69) is 101 Å². The first-order valence-corrected chi connectivity index (χ1v) is 36.3. The van der Waals surface area contributed by atoms with Crippen molar-refractivity contribution >= 4 is 22.8 Å². The van der Waals surface area contributed by atoms with Gasteiger partial charge < -0.3 is 0 Å². The van der Waals surface area contributed by atoms with Crippen LogP contribution in [0.25, 0.3) is 0 Å². The summed E-state index contributed by atoms with van der Waals surface area (Å²) in [5.41, 5.74) is 7.20. The molecule has 2 nitrogen and oxygen atoms in total. The number of hydrogen-bond acceptors (Lipinski definition) is 2. The van der Waals surface area contributed by atoms with Crippen LogP contribution in [0, 0.1) is 0 Å². The van der Waals surface area contributed by atoms with Gasteiger partial charge in [0.25, 0.3) is 0 Å². The molecule has 2 rings (SSSR count). The van der Waals surface area contributed by atoms with Gasteiger partial charge in [-0.1, -0.05) is 364 Å². The molecule has 0 aromatic heterocycles. The predicted molar refractivity (Wildman–Crippen MR) is 365 cm³/mol. The van der Waals surface area contributed by atoms with E-state index in [1.165, 1.54) is 332 Å². The van der Waals surface area contributed by atoms with Crippen molar-refractivity contribution in [3.63, 3.8) is 0 Å². The standard InChI is InChI=1S/C78H136N2.Ni/c1-5-8-11-13-15-17-19-21-23-25-27-29-31-33-35-37-39-41-43-45-47-49-51-53-55-57-60-66-74-68-62-64-71-77(74)79-73(4)76(70-59-10-7-3)80-78-72-65-63-69-75(78)67-61-58-56-54-52-50-48-46-44-42-40-38-36-34-32-30-28-26-24-22-20-18-16-14-12-9-6-2;/h53-56,62-65,68-69,71-72H,5-52,57-61,66-67,70H2,1-4H3;/b55-53+,56-54+,79-73-,80-76+;. The summed E-state index contributed by atoms with van der Waals surface area (Å²) in [7, 11) is 0. The second-order valence-electron chi connectivity index (χ2n) is 25.1. The normalized spacial score (nSPS) is 12.2. The van der Waals surface area contributed by atoms with Gasteiger partial charge in [0.05, 0.1) is 22.8 Å². The van der Waals surface area contributed by atoms with Gasteiger partial charge in [-0.2, -0.15) is 0 Å². The van der Waals surface area contributed by atoms with E-state index >= 15 is 0 Å². The molecule has 0 amide bonds. The van der Waals surface area contributed by atoms with Gasteiger partial charge in [0, 0.05) is 16.5 Å². The van der Waals surface area contributed by atoms with Gasteiger partial charge in [-0.15, -0.1) is 0 Å². The van der Waals surface area contributed by atoms with E-state index in [-0.39, 0.29) is 16.5 Å². The predicted octanol–water partition coefficient (Wildman–Crippen LogP) is 27.9. The summed E-state index contributed by atoms with van der Waals surface area (Å²) >= 11 is 0. The maximum Gasteiger partial charge on any atom is 0.0665 e. The zero-order chi connectivity index (χ0) is 57.0. The van der Waals surface area contributed by atoms with Crippen LogP contribution in [-0.2, 0) is 29.3 Å². The summed E-state index contributed by atoms with van der Waals surface area (Å²) in [6.45, 7) is 9.11. The van der Waals surface area contributed by atoms with Crippen molar-refractivity contribution in [1.82, 2.24) is 0 Å². The monoisotopic (exact) mass is 1160 g/mol. The van der Waals surface area contributed by atoms with E-state index in [9.17, 15) is 0 Å². The molecule has 0 aliphatic rings. The molecular formula is C78H136N2Ni. The number of unbranched alkanes of at least 4 members (excludes halogenated alkanes) is 48. The third-order valence-corrected chi connectivity index (χ3v) is 17.4. The fourth-order valence-electron chi connectivity index (χ4n) is 11.9. The van der Waals surface area contributed by atoms with E-state index in [1.807, 2.05) is 0 Å². The summed E-state index contributed by atoms with van der Waals surface area (Å²) < 4.78 is 0. The average Bonchev–Trinajstić information content (AvgIpc) is 3.48. The molecule has 0 unspecified atom stereocenters. The number of aryl methyl sites for hydroxylation is 2. The molecule has 0 aliphatic heterocycles. The van der Waals surface area contributed by atoms with Crippen molar-refractivity contribution < 1.29 is 16.5 Å². The van der Waals surface area contributed by atoms with Gasteiger partial charge in [-0.25, -0.2) is 0 Å². The Morgan fingerprint density at radius 3 is 0.815 bits per heavy atom. The number of aliphatic imine (C=N–C) groups is 2. The smallest absolute Gasteiger partial charge is 0.0665 e. The number of allylic oxidation sites excluding steroid dienone is 4. The minimum Gasteiger partial charge on any atom is -0.252 e. The van der Waals surface area contributed by atoms with Crippen LogP contribution in [-0.4, -0.2) is 11.4 Å². The van der Waals surface area contributed by atoms with Crippen LogP contribution in [0.1, 0.15) is 386 Å². The molecule has 0 spiro atoms. The first-order valence-electron chi connectivity index (χ1n) is 36.3. The minimum absolute atomic E-state index is 0. The average molecular weight is 1160 g/mol. The Bertz CT molecular complexity index is 1720. The van der Waals surface area contributed by atoms with Crippen molar-refractivity contribution in [2.24, 2.45) is 9.98 Å². The molecule has 468 valence electrons. The SMILES string of the molecule is CCCCCCCCCCCCCCCCCCCCCCCC/C=C/CCCc1ccccc1/N=C(C)\C(CCCCC)=N\c1ccccc1CCC/C=C/CCCCCCCCCCCCCCCCCCCCCCCC.[Ni]. The Morgan fingerprint density at radius 2 is 0.519 bits per heavy atom. The minimum atomic E-state index is 0.